The zero-order valence-corrected chi connectivity index (χ0v) is 19.1. The number of hydrazone groups is 1. The highest BCUT2D eigenvalue weighted by Gasteiger charge is 2.24. The van der Waals surface area contributed by atoms with E-state index in [2.05, 4.69) is 50.5 Å². The van der Waals surface area contributed by atoms with Gasteiger partial charge in [0.05, 0.1) is 12.3 Å². The summed E-state index contributed by atoms with van der Waals surface area (Å²) in [6, 6.07) is 9.86. The van der Waals surface area contributed by atoms with Gasteiger partial charge in [0.1, 0.15) is 5.72 Å². The fraction of sp³-hybridized carbons (Fsp3) is 0.269. The maximum absolute atomic E-state index is 11.1. The molecule has 0 aromatic heterocycles. The summed E-state index contributed by atoms with van der Waals surface area (Å²) in [6.07, 6.45) is 17.4. The van der Waals surface area contributed by atoms with Crippen LogP contribution in [0.15, 0.2) is 93.6 Å². The number of nitrogens with zero attached hydrogens (tertiary/aromatic N) is 4. The first-order chi connectivity index (χ1) is 15.5. The van der Waals surface area contributed by atoms with Crippen LogP contribution >= 0.6 is 0 Å². The van der Waals surface area contributed by atoms with Gasteiger partial charge in [0.15, 0.2) is 0 Å². The molecule has 0 radical (unpaired) electrons. The largest absolute Gasteiger partial charge is 0.372 e. The van der Waals surface area contributed by atoms with Crippen LogP contribution in [0.4, 0.5) is 0 Å². The van der Waals surface area contributed by atoms with Gasteiger partial charge < -0.3 is 5.11 Å². The Morgan fingerprint density at radius 3 is 2.78 bits per heavy atom. The molecule has 0 spiro atoms. The minimum atomic E-state index is -1.32. The number of allylic oxidation sites excluding steroid dienone is 4. The normalized spacial score (nSPS) is 17.2. The molecule has 1 aromatic rings. The van der Waals surface area contributed by atoms with Gasteiger partial charge in [-0.2, -0.15) is 5.10 Å². The zero-order chi connectivity index (χ0) is 23.2. The van der Waals surface area contributed by atoms with Crippen molar-refractivity contribution in [1.82, 2.24) is 10.3 Å². The van der Waals surface area contributed by atoms with Crippen LogP contribution in [0.1, 0.15) is 38.8 Å². The third-order valence-corrected chi connectivity index (χ3v) is 4.49. The first kappa shape index (κ1) is 24.7. The standard InChI is InChI=1S/C26H31N5O/c1-5-7-20-29-31(4)25(27-6-2)28-21-19-26(3,32)30-24(23-17-13-10-14-18-23)22-15-11-8-9-12-16-22/h6,8-11,13-21,24,30,32H,12H2,1-4H3/b21-19+,27-6-,28-25+,29-20-. The molecule has 1 aliphatic carbocycles. The van der Waals surface area contributed by atoms with Crippen LogP contribution in [0, 0.1) is 11.8 Å². The highest BCUT2D eigenvalue weighted by Crippen LogP contribution is 2.27. The summed E-state index contributed by atoms with van der Waals surface area (Å²) < 4.78 is 0. The zero-order valence-electron chi connectivity index (χ0n) is 19.1. The average molecular weight is 430 g/mol. The highest BCUT2D eigenvalue weighted by molar-refractivity contribution is 5.88. The van der Waals surface area contributed by atoms with E-state index in [0.717, 1.165) is 17.6 Å². The van der Waals surface area contributed by atoms with Crippen LogP contribution in [-0.4, -0.2) is 41.3 Å². The SMILES string of the molecule is CC#C/C=N\N(C)C(/N=C\C)=N/C=C/C(C)(O)NC(C1=CCC=CC=C1)c1ccccc1. The van der Waals surface area contributed by atoms with Crippen molar-refractivity contribution in [3.63, 3.8) is 0 Å². The Balaban J connectivity index is 2.25. The van der Waals surface area contributed by atoms with Crippen molar-refractivity contribution >= 4 is 18.4 Å². The quantitative estimate of drug-likeness (QED) is 0.222. The summed E-state index contributed by atoms with van der Waals surface area (Å²) in [5.74, 6) is 5.87. The molecule has 6 heteroatoms. The molecule has 0 saturated heterocycles. The Morgan fingerprint density at radius 2 is 2.06 bits per heavy atom. The summed E-state index contributed by atoms with van der Waals surface area (Å²) in [7, 11) is 1.73. The minimum absolute atomic E-state index is 0.191. The molecule has 6 nitrogen and oxygen atoms in total. The molecule has 2 N–H and O–H groups in total. The van der Waals surface area contributed by atoms with E-state index in [1.165, 1.54) is 17.4 Å². The van der Waals surface area contributed by atoms with E-state index in [9.17, 15) is 5.11 Å². The molecule has 0 saturated carbocycles. The van der Waals surface area contributed by atoms with Crippen LogP contribution in [0.25, 0.3) is 0 Å². The van der Waals surface area contributed by atoms with Crippen molar-refractivity contribution in [2.24, 2.45) is 15.1 Å². The van der Waals surface area contributed by atoms with E-state index in [1.807, 2.05) is 42.5 Å². The van der Waals surface area contributed by atoms with Gasteiger partial charge in [-0.25, -0.2) is 15.0 Å². The molecular formula is C26H31N5O. The third kappa shape index (κ3) is 8.31. The van der Waals surface area contributed by atoms with Crippen molar-refractivity contribution < 1.29 is 5.11 Å². The maximum Gasteiger partial charge on any atom is 0.245 e. The molecule has 0 heterocycles. The van der Waals surface area contributed by atoms with Gasteiger partial charge in [0.25, 0.3) is 0 Å². The lowest BCUT2D eigenvalue weighted by Crippen LogP contribution is -2.43. The van der Waals surface area contributed by atoms with E-state index in [0.29, 0.717) is 5.96 Å². The summed E-state index contributed by atoms with van der Waals surface area (Å²) in [5, 5.41) is 20.1. The number of guanidine groups is 1. The molecule has 1 aromatic carbocycles. The summed E-state index contributed by atoms with van der Waals surface area (Å²) in [6.45, 7) is 5.23. The number of aliphatic hydroxyl groups is 1. The molecule has 166 valence electrons. The molecule has 0 amide bonds. The Morgan fingerprint density at radius 1 is 1.28 bits per heavy atom. The number of hydrogen-bond acceptors (Lipinski definition) is 4. The monoisotopic (exact) mass is 429 g/mol. The van der Waals surface area contributed by atoms with Crippen LogP contribution < -0.4 is 5.32 Å². The van der Waals surface area contributed by atoms with E-state index < -0.39 is 5.72 Å². The number of hydrogen-bond donors (Lipinski definition) is 2. The second-order valence-corrected chi connectivity index (χ2v) is 7.16. The van der Waals surface area contributed by atoms with Crippen molar-refractivity contribution in [3.05, 3.63) is 84.1 Å². The van der Waals surface area contributed by atoms with Crippen molar-refractivity contribution in [1.29, 1.82) is 0 Å². The minimum Gasteiger partial charge on any atom is -0.372 e. The predicted molar refractivity (Wildman–Crippen MR) is 134 cm³/mol. The van der Waals surface area contributed by atoms with E-state index in [-0.39, 0.29) is 6.04 Å². The number of benzene rings is 1. The molecule has 0 fully saturated rings. The summed E-state index contributed by atoms with van der Waals surface area (Å²) in [4.78, 5) is 8.57. The summed E-state index contributed by atoms with van der Waals surface area (Å²) >= 11 is 0. The molecule has 2 unspecified atom stereocenters. The fourth-order valence-corrected chi connectivity index (χ4v) is 2.95. The van der Waals surface area contributed by atoms with Crippen molar-refractivity contribution in [2.75, 3.05) is 7.05 Å². The second kappa shape index (κ2) is 13.0. The molecule has 2 rings (SSSR count). The van der Waals surface area contributed by atoms with Crippen LogP contribution in [-0.2, 0) is 0 Å². The maximum atomic E-state index is 11.1. The first-order valence-corrected chi connectivity index (χ1v) is 10.5. The highest BCUT2D eigenvalue weighted by atomic mass is 16.3. The second-order valence-electron chi connectivity index (χ2n) is 7.16. The van der Waals surface area contributed by atoms with Crippen LogP contribution in [0.2, 0.25) is 0 Å². The molecular weight excluding hydrogens is 398 g/mol. The molecule has 32 heavy (non-hydrogen) atoms. The number of rotatable bonds is 7. The van der Waals surface area contributed by atoms with Gasteiger partial charge in [-0.3, -0.25) is 5.32 Å². The summed E-state index contributed by atoms with van der Waals surface area (Å²) in [5.41, 5.74) is 0.820. The van der Waals surface area contributed by atoms with Gasteiger partial charge in [-0.1, -0.05) is 66.6 Å². The van der Waals surface area contributed by atoms with E-state index in [1.54, 1.807) is 40.1 Å². The Bertz CT molecular complexity index is 1000. The average Bonchev–Trinajstić information content (AvgIpc) is 3.07. The Hall–Kier alpha value is -3.53. The van der Waals surface area contributed by atoms with Crippen molar-refractivity contribution in [3.8, 4) is 11.8 Å². The lowest BCUT2D eigenvalue weighted by molar-refractivity contribution is 0.0649. The topological polar surface area (TPSA) is 72.6 Å². The van der Waals surface area contributed by atoms with Crippen LogP contribution in [0.3, 0.4) is 0 Å². The lowest BCUT2D eigenvalue weighted by atomic mass is 9.96. The smallest absolute Gasteiger partial charge is 0.245 e. The fourth-order valence-electron chi connectivity index (χ4n) is 2.95. The molecule has 1 aliphatic rings. The Labute approximate surface area is 191 Å². The lowest BCUT2D eigenvalue weighted by Gasteiger charge is -2.29. The molecule has 2 atom stereocenters. The van der Waals surface area contributed by atoms with Gasteiger partial charge in [-0.15, -0.1) is 5.92 Å². The Kier molecular flexibility index (Phi) is 10.1. The first-order valence-electron chi connectivity index (χ1n) is 10.5. The van der Waals surface area contributed by atoms with E-state index in [4.69, 9.17) is 0 Å². The number of aliphatic imine (C=N–C) groups is 2. The predicted octanol–water partition coefficient (Wildman–Crippen LogP) is 4.37. The third-order valence-electron chi connectivity index (χ3n) is 4.49. The van der Waals surface area contributed by atoms with Gasteiger partial charge >= 0.3 is 0 Å². The molecule has 0 aliphatic heterocycles. The number of nitrogens with one attached hydrogen (secondary N) is 1. The van der Waals surface area contributed by atoms with Gasteiger partial charge in [-0.05, 0) is 44.4 Å². The van der Waals surface area contributed by atoms with Crippen molar-refractivity contribution in [2.45, 2.75) is 39.0 Å². The van der Waals surface area contributed by atoms with Gasteiger partial charge in [0.2, 0.25) is 5.96 Å². The van der Waals surface area contributed by atoms with E-state index >= 15 is 0 Å². The van der Waals surface area contributed by atoms with Gasteiger partial charge in [0, 0.05) is 19.5 Å². The molecule has 0 bridgehead atoms. The van der Waals surface area contributed by atoms with Crippen LogP contribution in [0.5, 0.6) is 0 Å².